The Bertz CT molecular complexity index is 1040. The molecule has 0 aliphatic rings. The molecule has 0 spiro atoms. The number of benzene rings is 1. The molecule has 13 heteroatoms. The Morgan fingerprint density at radius 2 is 1.63 bits per heavy atom. The standard InChI is InChI=1S/C28H46N6O7/c1-18(2)23(32-27(40)41-28(3,4)5)24(37)31-21(9-8-15-30-26(29)39)25(38)34(7)20-12-10-19(11-13-20)14-16-33(6)17-22(35)36/h10-13,18,21,23H,8-9,14-17H2,1-7H3,(H,31,37)(H,32,40)(H,35,36)(H3,29,30,39)/t21-,23-/m0/s1. The first-order valence-electron chi connectivity index (χ1n) is 13.6. The van der Waals surface area contributed by atoms with E-state index in [4.69, 9.17) is 15.6 Å². The molecule has 1 aromatic rings. The zero-order valence-corrected chi connectivity index (χ0v) is 25.2. The summed E-state index contributed by atoms with van der Waals surface area (Å²) in [5.41, 5.74) is 5.95. The van der Waals surface area contributed by atoms with Crippen LogP contribution in [0.25, 0.3) is 0 Å². The van der Waals surface area contributed by atoms with Crippen molar-refractivity contribution in [2.75, 3.05) is 38.6 Å². The van der Waals surface area contributed by atoms with Gasteiger partial charge in [-0.25, -0.2) is 9.59 Å². The van der Waals surface area contributed by atoms with Crippen LogP contribution in [0.15, 0.2) is 24.3 Å². The van der Waals surface area contributed by atoms with Crippen LogP contribution in [-0.2, 0) is 25.5 Å². The molecule has 0 fully saturated rings. The van der Waals surface area contributed by atoms with Crippen LogP contribution in [0.2, 0.25) is 0 Å². The lowest BCUT2D eigenvalue weighted by molar-refractivity contribution is -0.138. The Hall–Kier alpha value is -3.87. The number of carbonyl (C=O) groups excluding carboxylic acids is 4. The second-order valence-corrected chi connectivity index (χ2v) is 11.3. The third-order valence-electron chi connectivity index (χ3n) is 6.05. The summed E-state index contributed by atoms with van der Waals surface area (Å²) in [6, 6.07) is 4.68. The predicted octanol–water partition coefficient (Wildman–Crippen LogP) is 1.69. The lowest BCUT2D eigenvalue weighted by atomic mass is 10.0. The van der Waals surface area contributed by atoms with Crippen molar-refractivity contribution in [3.63, 3.8) is 0 Å². The fraction of sp³-hybridized carbons (Fsp3) is 0.607. The molecule has 5 amide bonds. The van der Waals surface area contributed by atoms with Gasteiger partial charge >= 0.3 is 18.1 Å². The van der Waals surface area contributed by atoms with Gasteiger partial charge in [-0.2, -0.15) is 0 Å². The number of hydrogen-bond acceptors (Lipinski definition) is 7. The second-order valence-electron chi connectivity index (χ2n) is 11.3. The highest BCUT2D eigenvalue weighted by atomic mass is 16.6. The third kappa shape index (κ3) is 13.8. The molecule has 0 radical (unpaired) electrons. The van der Waals surface area contributed by atoms with Crippen molar-refractivity contribution in [2.24, 2.45) is 11.7 Å². The zero-order chi connectivity index (χ0) is 31.3. The molecule has 13 nitrogen and oxygen atoms in total. The largest absolute Gasteiger partial charge is 0.480 e. The van der Waals surface area contributed by atoms with E-state index in [0.29, 0.717) is 25.1 Å². The van der Waals surface area contributed by atoms with E-state index in [9.17, 15) is 24.0 Å². The van der Waals surface area contributed by atoms with Crippen LogP contribution in [0.5, 0.6) is 0 Å². The summed E-state index contributed by atoms with van der Waals surface area (Å²) >= 11 is 0. The highest BCUT2D eigenvalue weighted by Gasteiger charge is 2.31. The van der Waals surface area contributed by atoms with Crippen LogP contribution in [0.1, 0.15) is 53.0 Å². The lowest BCUT2D eigenvalue weighted by Gasteiger charge is -2.29. The van der Waals surface area contributed by atoms with Crippen LogP contribution in [-0.4, -0.2) is 91.3 Å². The van der Waals surface area contributed by atoms with Crippen molar-refractivity contribution >= 4 is 35.6 Å². The number of primary amides is 1. The number of carbonyl (C=O) groups is 5. The smallest absolute Gasteiger partial charge is 0.408 e. The summed E-state index contributed by atoms with van der Waals surface area (Å²) < 4.78 is 5.29. The first kappa shape index (κ1) is 35.2. The fourth-order valence-corrected chi connectivity index (χ4v) is 3.88. The molecule has 0 saturated heterocycles. The van der Waals surface area contributed by atoms with Crippen molar-refractivity contribution in [3.8, 4) is 0 Å². The van der Waals surface area contributed by atoms with E-state index >= 15 is 0 Å². The van der Waals surface area contributed by atoms with Crippen molar-refractivity contribution in [1.82, 2.24) is 20.9 Å². The van der Waals surface area contributed by atoms with Gasteiger partial charge in [-0.15, -0.1) is 0 Å². The van der Waals surface area contributed by atoms with E-state index in [0.717, 1.165) is 5.56 Å². The number of nitrogens with two attached hydrogens (primary N) is 1. The van der Waals surface area contributed by atoms with Crippen molar-refractivity contribution in [1.29, 1.82) is 0 Å². The van der Waals surface area contributed by atoms with Gasteiger partial charge in [0, 0.05) is 25.8 Å². The number of carboxylic acids is 1. The maximum atomic E-state index is 13.5. The van der Waals surface area contributed by atoms with Crippen LogP contribution in [0.4, 0.5) is 15.3 Å². The first-order chi connectivity index (χ1) is 19.0. The molecule has 1 rings (SSSR count). The summed E-state index contributed by atoms with van der Waals surface area (Å²) in [6.07, 6.45) is 0.461. The monoisotopic (exact) mass is 578 g/mol. The summed E-state index contributed by atoms with van der Waals surface area (Å²) in [5, 5.41) is 16.7. The van der Waals surface area contributed by atoms with Gasteiger partial charge in [0.15, 0.2) is 0 Å². The SMILES string of the molecule is CC(C)[C@H](NC(=O)OC(C)(C)C)C(=O)N[C@@H](CCCNC(N)=O)C(=O)N(C)c1ccc(CCN(C)CC(=O)O)cc1. The van der Waals surface area contributed by atoms with Gasteiger partial charge in [-0.05, 0) is 70.7 Å². The molecule has 0 bridgehead atoms. The molecule has 230 valence electrons. The number of hydrogen-bond donors (Lipinski definition) is 5. The van der Waals surface area contributed by atoms with E-state index in [1.807, 2.05) is 12.1 Å². The number of rotatable bonds is 15. The van der Waals surface area contributed by atoms with Crippen molar-refractivity contribution in [2.45, 2.75) is 71.6 Å². The van der Waals surface area contributed by atoms with Gasteiger partial charge in [0.25, 0.3) is 0 Å². The second kappa shape index (κ2) is 16.4. The molecule has 0 saturated carbocycles. The van der Waals surface area contributed by atoms with Gasteiger partial charge < -0.3 is 36.4 Å². The number of anilines is 1. The molecule has 0 heterocycles. The maximum absolute atomic E-state index is 13.5. The Morgan fingerprint density at radius 3 is 2.15 bits per heavy atom. The molecule has 6 N–H and O–H groups in total. The van der Waals surface area contributed by atoms with E-state index in [-0.39, 0.29) is 31.3 Å². The number of alkyl carbamates (subject to hydrolysis) is 1. The number of ether oxygens (including phenoxy) is 1. The van der Waals surface area contributed by atoms with Gasteiger partial charge in [-0.1, -0.05) is 26.0 Å². The van der Waals surface area contributed by atoms with Crippen LogP contribution in [0.3, 0.4) is 0 Å². The van der Waals surface area contributed by atoms with Gasteiger partial charge in [0.1, 0.15) is 17.7 Å². The van der Waals surface area contributed by atoms with E-state index in [1.54, 1.807) is 65.7 Å². The average molecular weight is 579 g/mol. The molecule has 1 aromatic carbocycles. The van der Waals surface area contributed by atoms with Crippen LogP contribution < -0.4 is 26.6 Å². The maximum Gasteiger partial charge on any atom is 0.408 e. The Labute approximate surface area is 242 Å². The molecule has 0 unspecified atom stereocenters. The number of nitrogens with zero attached hydrogens (tertiary/aromatic N) is 2. The normalized spacial score (nSPS) is 12.8. The van der Waals surface area contributed by atoms with Crippen molar-refractivity contribution < 1.29 is 33.8 Å². The highest BCUT2D eigenvalue weighted by Crippen LogP contribution is 2.17. The minimum atomic E-state index is -0.951. The Morgan fingerprint density at radius 1 is 1.02 bits per heavy atom. The number of likely N-dealkylation sites (N-methyl/N-ethyl adjacent to an activating group) is 2. The van der Waals surface area contributed by atoms with Gasteiger partial charge in [0.2, 0.25) is 11.8 Å². The predicted molar refractivity (Wildman–Crippen MR) is 155 cm³/mol. The lowest BCUT2D eigenvalue weighted by Crippen LogP contribution is -2.56. The number of amides is 5. The molecule has 0 aromatic heterocycles. The van der Waals surface area contributed by atoms with Crippen LogP contribution in [0, 0.1) is 5.92 Å². The third-order valence-corrected chi connectivity index (χ3v) is 6.05. The molecule has 2 atom stereocenters. The van der Waals surface area contributed by atoms with Gasteiger partial charge in [-0.3, -0.25) is 19.3 Å². The topological polar surface area (TPSA) is 183 Å². The van der Waals surface area contributed by atoms with Crippen LogP contribution >= 0.6 is 0 Å². The average Bonchev–Trinajstić information content (AvgIpc) is 2.85. The Kier molecular flexibility index (Phi) is 14.1. The molecule has 0 aliphatic carbocycles. The number of carboxylic acid groups (broad SMARTS) is 1. The quantitative estimate of drug-likeness (QED) is 0.195. The first-order valence-corrected chi connectivity index (χ1v) is 13.6. The molecule has 41 heavy (non-hydrogen) atoms. The fourth-order valence-electron chi connectivity index (χ4n) is 3.88. The number of aliphatic carboxylic acids is 1. The summed E-state index contributed by atoms with van der Waals surface area (Å²) in [5.74, 6) is -2.11. The minimum absolute atomic E-state index is 0.0532. The molecular weight excluding hydrogens is 532 g/mol. The molecule has 0 aliphatic heterocycles. The van der Waals surface area contributed by atoms with Crippen molar-refractivity contribution in [3.05, 3.63) is 29.8 Å². The van der Waals surface area contributed by atoms with E-state index < -0.39 is 41.7 Å². The minimum Gasteiger partial charge on any atom is -0.480 e. The van der Waals surface area contributed by atoms with E-state index in [2.05, 4.69) is 16.0 Å². The molecular formula is C28H46N6O7. The number of urea groups is 1. The van der Waals surface area contributed by atoms with E-state index in [1.165, 1.54) is 4.90 Å². The van der Waals surface area contributed by atoms with Gasteiger partial charge in [0.05, 0.1) is 6.54 Å². The summed E-state index contributed by atoms with van der Waals surface area (Å²) in [4.78, 5) is 64.2. The number of nitrogens with one attached hydrogen (secondary N) is 3. The Balaban J connectivity index is 3.01. The summed E-state index contributed by atoms with van der Waals surface area (Å²) in [6.45, 7) is 9.40. The zero-order valence-electron chi connectivity index (χ0n) is 25.2. The highest BCUT2D eigenvalue weighted by molar-refractivity contribution is 5.99. The summed E-state index contributed by atoms with van der Waals surface area (Å²) in [7, 11) is 3.33.